The molecule has 5 heteroatoms. The van der Waals surface area contributed by atoms with Crippen LogP contribution in [0.1, 0.15) is 33.6 Å². The molecule has 0 aliphatic heterocycles. The number of hydrogen-bond donors (Lipinski definition) is 3. The van der Waals surface area contributed by atoms with Crippen molar-refractivity contribution in [2.75, 3.05) is 23.8 Å². The summed E-state index contributed by atoms with van der Waals surface area (Å²) in [6, 6.07) is 4.49. The fourth-order valence-corrected chi connectivity index (χ4v) is 1.99. The van der Waals surface area contributed by atoms with E-state index in [0.29, 0.717) is 6.54 Å². The summed E-state index contributed by atoms with van der Waals surface area (Å²) in [7, 11) is 0. The molecule has 0 spiro atoms. The number of anilines is 2. The highest BCUT2D eigenvalue weighted by Crippen LogP contribution is 2.27. The number of aliphatic hydroxyl groups is 1. The van der Waals surface area contributed by atoms with Crippen LogP contribution < -0.4 is 10.6 Å². The van der Waals surface area contributed by atoms with Crippen LogP contribution in [0, 0.1) is 11.2 Å². The zero-order chi connectivity index (χ0) is 15.2. The van der Waals surface area contributed by atoms with Crippen molar-refractivity contribution in [3.63, 3.8) is 0 Å². The highest BCUT2D eigenvalue weighted by atomic mass is 19.1. The number of rotatable bonds is 7. The molecule has 0 saturated heterocycles. The molecule has 1 rings (SSSR count). The maximum Gasteiger partial charge on any atom is 0.221 e. The van der Waals surface area contributed by atoms with Gasteiger partial charge in [0.05, 0.1) is 12.3 Å². The lowest BCUT2D eigenvalue weighted by Gasteiger charge is -2.30. The Labute approximate surface area is 119 Å². The van der Waals surface area contributed by atoms with Gasteiger partial charge in [0.2, 0.25) is 5.91 Å². The third kappa shape index (κ3) is 4.20. The number of halogens is 1. The summed E-state index contributed by atoms with van der Waals surface area (Å²) in [5.74, 6) is -0.780. The Hall–Kier alpha value is -1.62. The topological polar surface area (TPSA) is 61.4 Å². The minimum atomic E-state index is -0.467. The molecule has 0 aliphatic rings. The normalized spacial score (nSPS) is 11.2. The first-order valence-electron chi connectivity index (χ1n) is 6.88. The monoisotopic (exact) mass is 282 g/mol. The fourth-order valence-electron chi connectivity index (χ4n) is 1.99. The standard InChI is InChI=1S/C15H23FN2O2/c1-4-15(5-2,10-19)9-17-12-6-7-13(16)14(8-12)18-11(3)20/h6-8,17,19H,4-5,9-10H2,1-3H3,(H,18,20). The largest absolute Gasteiger partial charge is 0.396 e. The lowest BCUT2D eigenvalue weighted by molar-refractivity contribution is -0.114. The van der Waals surface area contributed by atoms with Gasteiger partial charge in [-0.15, -0.1) is 0 Å². The number of nitrogens with one attached hydrogen (secondary N) is 2. The van der Waals surface area contributed by atoms with Crippen LogP contribution in [-0.4, -0.2) is 24.2 Å². The van der Waals surface area contributed by atoms with Crippen molar-refractivity contribution in [1.29, 1.82) is 0 Å². The molecule has 0 fully saturated rings. The molecule has 112 valence electrons. The van der Waals surface area contributed by atoms with Gasteiger partial charge >= 0.3 is 0 Å². The molecule has 1 aromatic carbocycles. The lowest BCUT2D eigenvalue weighted by atomic mass is 9.83. The van der Waals surface area contributed by atoms with E-state index in [9.17, 15) is 14.3 Å². The van der Waals surface area contributed by atoms with Crippen molar-refractivity contribution < 1.29 is 14.3 Å². The van der Waals surface area contributed by atoms with Gasteiger partial charge in [-0.2, -0.15) is 0 Å². The van der Waals surface area contributed by atoms with E-state index in [1.54, 1.807) is 12.1 Å². The summed E-state index contributed by atoms with van der Waals surface area (Å²) in [6.07, 6.45) is 1.71. The molecule has 0 bridgehead atoms. The van der Waals surface area contributed by atoms with Crippen molar-refractivity contribution in [2.24, 2.45) is 5.41 Å². The molecule has 0 heterocycles. The van der Waals surface area contributed by atoms with Crippen molar-refractivity contribution in [3.05, 3.63) is 24.0 Å². The number of hydrogen-bond acceptors (Lipinski definition) is 3. The first-order chi connectivity index (χ1) is 9.46. The van der Waals surface area contributed by atoms with Gasteiger partial charge in [0.1, 0.15) is 5.82 Å². The maximum absolute atomic E-state index is 13.5. The van der Waals surface area contributed by atoms with E-state index in [1.807, 2.05) is 13.8 Å². The van der Waals surface area contributed by atoms with E-state index in [1.165, 1.54) is 13.0 Å². The van der Waals surface area contributed by atoms with Crippen molar-refractivity contribution in [1.82, 2.24) is 0 Å². The second kappa shape index (κ2) is 7.24. The minimum Gasteiger partial charge on any atom is -0.396 e. The predicted molar refractivity (Wildman–Crippen MR) is 79.3 cm³/mol. The first kappa shape index (κ1) is 16.4. The average molecular weight is 282 g/mol. The van der Waals surface area contributed by atoms with Crippen LogP contribution in [0.3, 0.4) is 0 Å². The van der Waals surface area contributed by atoms with Crippen LogP contribution in [0.5, 0.6) is 0 Å². The van der Waals surface area contributed by atoms with Gasteiger partial charge in [-0.1, -0.05) is 13.8 Å². The van der Waals surface area contributed by atoms with E-state index in [-0.39, 0.29) is 23.6 Å². The van der Waals surface area contributed by atoms with E-state index in [0.717, 1.165) is 18.5 Å². The molecule has 1 aromatic rings. The van der Waals surface area contributed by atoms with Gasteiger partial charge in [-0.05, 0) is 31.0 Å². The van der Waals surface area contributed by atoms with Gasteiger partial charge in [0.15, 0.2) is 0 Å². The van der Waals surface area contributed by atoms with Gasteiger partial charge in [0.25, 0.3) is 0 Å². The van der Waals surface area contributed by atoms with Gasteiger partial charge in [-0.25, -0.2) is 4.39 Å². The Morgan fingerprint density at radius 2 is 2.00 bits per heavy atom. The first-order valence-corrected chi connectivity index (χ1v) is 6.88. The van der Waals surface area contributed by atoms with Crippen LogP contribution in [0.25, 0.3) is 0 Å². The van der Waals surface area contributed by atoms with Crippen LogP contribution >= 0.6 is 0 Å². The van der Waals surface area contributed by atoms with E-state index < -0.39 is 5.82 Å². The summed E-state index contributed by atoms with van der Waals surface area (Å²) in [5, 5.41) is 15.2. The molecule has 1 amide bonds. The third-order valence-corrected chi connectivity index (χ3v) is 3.78. The summed E-state index contributed by atoms with van der Waals surface area (Å²) in [5.41, 5.74) is 0.697. The molecule has 0 unspecified atom stereocenters. The molecule has 20 heavy (non-hydrogen) atoms. The summed E-state index contributed by atoms with van der Waals surface area (Å²) in [6.45, 7) is 6.11. The molecule has 3 N–H and O–H groups in total. The number of amides is 1. The second-order valence-corrected chi connectivity index (χ2v) is 5.09. The van der Waals surface area contributed by atoms with E-state index in [4.69, 9.17) is 0 Å². The lowest BCUT2D eigenvalue weighted by Crippen LogP contribution is -2.32. The molecule has 0 aliphatic carbocycles. The fraction of sp³-hybridized carbons (Fsp3) is 0.533. The molecule has 0 aromatic heterocycles. The molecule has 4 nitrogen and oxygen atoms in total. The van der Waals surface area contributed by atoms with Crippen molar-refractivity contribution in [2.45, 2.75) is 33.6 Å². The maximum atomic E-state index is 13.5. The number of benzene rings is 1. The van der Waals surface area contributed by atoms with Crippen molar-refractivity contribution in [3.8, 4) is 0 Å². The smallest absolute Gasteiger partial charge is 0.221 e. The molecule has 0 saturated carbocycles. The van der Waals surface area contributed by atoms with Gasteiger partial charge in [-0.3, -0.25) is 4.79 Å². The predicted octanol–water partition coefficient (Wildman–Crippen LogP) is 2.99. The Kier molecular flexibility index (Phi) is 5.95. The molecular weight excluding hydrogens is 259 g/mol. The van der Waals surface area contributed by atoms with Crippen molar-refractivity contribution >= 4 is 17.3 Å². The molecule has 0 atom stereocenters. The Bertz CT molecular complexity index is 451. The second-order valence-electron chi connectivity index (χ2n) is 5.09. The van der Waals surface area contributed by atoms with E-state index in [2.05, 4.69) is 10.6 Å². The van der Waals surface area contributed by atoms with Gasteiger partial charge in [0, 0.05) is 24.6 Å². The third-order valence-electron chi connectivity index (χ3n) is 3.78. The van der Waals surface area contributed by atoms with E-state index >= 15 is 0 Å². The zero-order valence-corrected chi connectivity index (χ0v) is 12.3. The Balaban J connectivity index is 2.80. The van der Waals surface area contributed by atoms with Crippen LogP contribution in [0.15, 0.2) is 18.2 Å². The molecule has 0 radical (unpaired) electrons. The van der Waals surface area contributed by atoms with Crippen LogP contribution in [0.4, 0.5) is 15.8 Å². The summed E-state index contributed by atoms with van der Waals surface area (Å²) >= 11 is 0. The highest BCUT2D eigenvalue weighted by molar-refractivity contribution is 5.89. The highest BCUT2D eigenvalue weighted by Gasteiger charge is 2.24. The minimum absolute atomic E-state index is 0.104. The van der Waals surface area contributed by atoms with Gasteiger partial charge < -0.3 is 15.7 Å². The van der Waals surface area contributed by atoms with Crippen LogP contribution in [0.2, 0.25) is 0 Å². The summed E-state index contributed by atoms with van der Waals surface area (Å²) < 4.78 is 13.5. The number of aliphatic hydroxyl groups excluding tert-OH is 1. The summed E-state index contributed by atoms with van der Waals surface area (Å²) in [4.78, 5) is 11.0. The number of carbonyl (C=O) groups is 1. The quantitative estimate of drug-likeness (QED) is 0.720. The Morgan fingerprint density at radius 3 is 2.50 bits per heavy atom. The molecular formula is C15H23FN2O2. The Morgan fingerprint density at radius 1 is 1.35 bits per heavy atom. The van der Waals surface area contributed by atoms with Crippen LogP contribution in [-0.2, 0) is 4.79 Å². The average Bonchev–Trinajstić information content (AvgIpc) is 2.44. The zero-order valence-electron chi connectivity index (χ0n) is 12.3. The SMILES string of the molecule is CCC(CC)(CO)CNc1ccc(F)c(NC(C)=O)c1. The number of carbonyl (C=O) groups excluding carboxylic acids is 1.